The van der Waals surface area contributed by atoms with Gasteiger partial charge in [-0.15, -0.1) is 0 Å². The normalized spacial score (nSPS) is 33.5. The number of benzene rings is 2. The first-order valence-corrected chi connectivity index (χ1v) is 15.5. The maximum atomic E-state index is 13.9. The van der Waals surface area contributed by atoms with Crippen LogP contribution < -0.4 is 0 Å². The third kappa shape index (κ3) is 5.67. The van der Waals surface area contributed by atoms with Gasteiger partial charge in [-0.05, 0) is 57.9 Å². The highest BCUT2D eigenvalue weighted by atomic mass is 16.6. The highest BCUT2D eigenvalue weighted by Crippen LogP contribution is 2.69. The van der Waals surface area contributed by atoms with E-state index < -0.39 is 89.0 Å². The van der Waals surface area contributed by atoms with E-state index in [1.807, 2.05) is 0 Å². The van der Waals surface area contributed by atoms with Gasteiger partial charge in [-0.1, -0.05) is 36.4 Å². The fraction of sp³-hybridized carbons (Fsp3) is 0.514. The van der Waals surface area contributed by atoms with E-state index in [2.05, 4.69) is 0 Å². The van der Waals surface area contributed by atoms with Crippen molar-refractivity contribution in [3.63, 3.8) is 0 Å². The Morgan fingerprint density at radius 3 is 1.79 bits per heavy atom. The van der Waals surface area contributed by atoms with Crippen molar-refractivity contribution in [2.45, 2.75) is 95.6 Å². The van der Waals surface area contributed by atoms with Crippen molar-refractivity contribution in [3.8, 4) is 0 Å². The van der Waals surface area contributed by atoms with Crippen LogP contribution in [0.2, 0.25) is 0 Å². The van der Waals surface area contributed by atoms with E-state index in [-0.39, 0.29) is 24.0 Å². The Balaban J connectivity index is 1.83. The van der Waals surface area contributed by atoms with E-state index in [0.29, 0.717) is 0 Å². The molecule has 12 heteroatoms. The average Bonchev–Trinajstić information content (AvgIpc) is 3.20. The Hall–Kier alpha value is -4.29. The Morgan fingerprint density at radius 2 is 1.28 bits per heavy atom. The summed E-state index contributed by atoms with van der Waals surface area (Å²) in [6, 6.07) is 16.2. The molecule has 0 unspecified atom stereocenters. The molecule has 1 saturated heterocycles. The lowest BCUT2D eigenvalue weighted by Crippen LogP contribution is -2.83. The molecule has 2 aromatic rings. The summed E-state index contributed by atoms with van der Waals surface area (Å²) < 4.78 is 37.0. The number of carbonyl (C=O) groups excluding carboxylic acids is 5. The van der Waals surface area contributed by atoms with Crippen molar-refractivity contribution in [2.75, 3.05) is 6.61 Å². The van der Waals surface area contributed by atoms with E-state index >= 15 is 0 Å². The summed E-state index contributed by atoms with van der Waals surface area (Å²) in [6.45, 7) is 7.71. The molecule has 12 nitrogen and oxygen atoms in total. The second kappa shape index (κ2) is 12.4. The number of carbonyl (C=O) groups is 5. The van der Waals surface area contributed by atoms with Gasteiger partial charge in [0.25, 0.3) is 0 Å². The van der Waals surface area contributed by atoms with Crippen LogP contribution in [0.3, 0.4) is 0 Å². The molecule has 0 aromatic heterocycles. The van der Waals surface area contributed by atoms with Gasteiger partial charge >= 0.3 is 29.8 Å². The molecule has 2 aromatic carbocycles. The maximum Gasteiger partial charge on any atom is 0.338 e. The van der Waals surface area contributed by atoms with Gasteiger partial charge < -0.3 is 33.5 Å². The second-order valence-electron chi connectivity index (χ2n) is 13.2. The van der Waals surface area contributed by atoms with Gasteiger partial charge in [-0.25, -0.2) is 9.59 Å². The minimum absolute atomic E-state index is 0.0258. The zero-order valence-electron chi connectivity index (χ0n) is 27.2. The van der Waals surface area contributed by atoms with Crippen LogP contribution in [0.15, 0.2) is 60.7 Å². The predicted molar refractivity (Wildman–Crippen MR) is 163 cm³/mol. The van der Waals surface area contributed by atoms with Gasteiger partial charge in [-0.3, -0.25) is 14.4 Å². The molecule has 3 fully saturated rings. The molecule has 1 spiro atoms. The Bertz CT molecular complexity index is 1540. The molecule has 47 heavy (non-hydrogen) atoms. The number of fused-ring (bicyclic) bond motifs is 1. The summed E-state index contributed by atoms with van der Waals surface area (Å²) in [5, 5.41) is 12.5. The fourth-order valence-electron chi connectivity index (χ4n) is 8.01. The highest BCUT2D eigenvalue weighted by molar-refractivity contribution is 5.90. The third-order valence-electron chi connectivity index (χ3n) is 9.68. The van der Waals surface area contributed by atoms with Gasteiger partial charge in [0, 0.05) is 20.8 Å². The van der Waals surface area contributed by atoms with Crippen molar-refractivity contribution in [1.29, 1.82) is 0 Å². The molecule has 2 aliphatic carbocycles. The van der Waals surface area contributed by atoms with E-state index in [1.165, 1.54) is 39.8 Å². The lowest BCUT2D eigenvalue weighted by molar-refractivity contribution is -0.347. The Morgan fingerprint density at radius 1 is 0.745 bits per heavy atom. The summed E-state index contributed by atoms with van der Waals surface area (Å²) in [6.07, 6.45) is -5.65. The van der Waals surface area contributed by atoms with Crippen molar-refractivity contribution >= 4 is 29.8 Å². The fourth-order valence-corrected chi connectivity index (χ4v) is 8.01. The number of hydrogen-bond donors (Lipinski definition) is 1. The first-order chi connectivity index (χ1) is 22.1. The molecule has 3 aliphatic rings. The van der Waals surface area contributed by atoms with Gasteiger partial charge in [0.05, 0.1) is 28.2 Å². The lowest BCUT2D eigenvalue weighted by Gasteiger charge is -2.65. The van der Waals surface area contributed by atoms with Crippen LogP contribution in [-0.2, 0) is 42.8 Å². The van der Waals surface area contributed by atoms with E-state index in [0.717, 1.165) is 0 Å². The number of rotatable bonds is 8. The maximum absolute atomic E-state index is 13.9. The molecule has 1 aliphatic heterocycles. The summed E-state index contributed by atoms with van der Waals surface area (Å²) in [4.78, 5) is 65.8. The van der Waals surface area contributed by atoms with Crippen LogP contribution in [-0.4, -0.2) is 82.8 Å². The minimum Gasteiger partial charge on any atom is -0.465 e. The minimum atomic E-state index is -2.03. The summed E-state index contributed by atoms with van der Waals surface area (Å²) in [5.41, 5.74) is -6.86. The molecule has 5 rings (SSSR count). The first-order valence-electron chi connectivity index (χ1n) is 15.5. The van der Waals surface area contributed by atoms with Crippen LogP contribution in [0, 0.1) is 11.3 Å². The topological polar surface area (TPSA) is 161 Å². The predicted octanol–water partition coefficient (Wildman–Crippen LogP) is 3.57. The van der Waals surface area contributed by atoms with Crippen LogP contribution in [0.5, 0.6) is 0 Å². The monoisotopic (exact) mass is 652 g/mol. The third-order valence-corrected chi connectivity index (χ3v) is 9.68. The van der Waals surface area contributed by atoms with Gasteiger partial charge in [0.1, 0.15) is 30.3 Å². The van der Waals surface area contributed by atoms with E-state index in [4.69, 9.17) is 28.4 Å². The molecule has 1 N–H and O–H groups in total. The smallest absolute Gasteiger partial charge is 0.338 e. The molecular weight excluding hydrogens is 612 g/mol. The Kier molecular flexibility index (Phi) is 8.97. The van der Waals surface area contributed by atoms with Crippen molar-refractivity contribution < 1.29 is 57.5 Å². The van der Waals surface area contributed by atoms with Crippen LogP contribution in [0.1, 0.15) is 75.1 Å². The van der Waals surface area contributed by atoms with Crippen molar-refractivity contribution in [3.05, 3.63) is 71.8 Å². The van der Waals surface area contributed by atoms with Gasteiger partial charge in [0.15, 0.2) is 11.7 Å². The van der Waals surface area contributed by atoms with E-state index in [9.17, 15) is 29.1 Å². The first kappa shape index (κ1) is 34.1. The largest absolute Gasteiger partial charge is 0.465 e. The number of esters is 5. The number of aliphatic hydroxyl groups is 1. The zero-order valence-corrected chi connectivity index (χ0v) is 27.2. The van der Waals surface area contributed by atoms with Crippen LogP contribution in [0.25, 0.3) is 0 Å². The molecule has 2 bridgehead atoms. The van der Waals surface area contributed by atoms with Gasteiger partial charge in [-0.2, -0.15) is 0 Å². The molecule has 1 heterocycles. The number of ether oxygens (including phenoxy) is 6. The average molecular weight is 653 g/mol. The van der Waals surface area contributed by atoms with Crippen molar-refractivity contribution in [1.82, 2.24) is 0 Å². The zero-order chi connectivity index (χ0) is 34.4. The molecule has 8 atom stereocenters. The summed E-state index contributed by atoms with van der Waals surface area (Å²) >= 11 is 0. The second-order valence-corrected chi connectivity index (χ2v) is 13.2. The highest BCUT2D eigenvalue weighted by Gasteiger charge is 2.87. The SMILES string of the molecule is CC(=O)OC[C@@]12[C@@H](OC(=O)c3ccccc3)CC[C@](C)(O)[C@]13OC(C)(C)[C@H]([C@H](OC(C)=O)[C@H]2OC(=O)c1ccccc1)[C@H]3OC(C)=O. The molecule has 2 saturated carbocycles. The van der Waals surface area contributed by atoms with Crippen LogP contribution in [0.4, 0.5) is 0 Å². The molecule has 252 valence electrons. The Labute approximate surface area is 272 Å². The lowest BCUT2D eigenvalue weighted by atomic mass is 9.46. The van der Waals surface area contributed by atoms with Crippen molar-refractivity contribution in [2.24, 2.45) is 11.3 Å². The summed E-state index contributed by atoms with van der Waals surface area (Å²) in [7, 11) is 0. The number of hydrogen-bond acceptors (Lipinski definition) is 12. The molecule has 0 amide bonds. The summed E-state index contributed by atoms with van der Waals surface area (Å²) in [5.74, 6) is -4.82. The quantitative estimate of drug-likeness (QED) is 0.327. The molecular formula is C35H40O12. The standard InChI is InChI=1S/C35H40O12/c1-20(36)42-19-34-25(45-30(39)23-13-9-7-10-14-23)17-18-33(6,41)35(34)28(44-22(3)38)26(32(4,5)47-35)27(43-21(2)37)29(34)46-31(40)24-15-11-8-12-16-24/h7-16,25-29,41H,17-19H2,1-6H3/t25-,26+,27-,28+,29+,33-,34-,35-/m0/s1. The van der Waals surface area contributed by atoms with E-state index in [1.54, 1.807) is 62.4 Å². The van der Waals surface area contributed by atoms with Crippen LogP contribution >= 0.6 is 0 Å². The molecule has 0 radical (unpaired) electrons. The van der Waals surface area contributed by atoms with Gasteiger partial charge in [0.2, 0.25) is 0 Å².